The quantitative estimate of drug-likeness (QED) is 0.676. The van der Waals surface area contributed by atoms with E-state index in [1.807, 2.05) is 26.5 Å². The molecular weight excluding hydrogens is 201 g/mol. The summed E-state index contributed by atoms with van der Waals surface area (Å²) < 4.78 is 5.68. The van der Waals surface area contributed by atoms with Crippen molar-refractivity contribution in [2.45, 2.75) is 32.9 Å². The van der Waals surface area contributed by atoms with Gasteiger partial charge in [0.05, 0.1) is 12.2 Å². The second-order valence-corrected chi connectivity index (χ2v) is 4.27. The fourth-order valence-corrected chi connectivity index (χ4v) is 1.98. The lowest BCUT2D eigenvalue weighted by Crippen LogP contribution is -2.46. The lowest BCUT2D eigenvalue weighted by atomic mass is 9.75. The number of hydrogen-bond acceptors (Lipinski definition) is 4. The van der Waals surface area contributed by atoms with Crippen LogP contribution in [0.1, 0.15) is 13.8 Å². The molecule has 5 heteroatoms. The molecule has 1 radical (unpaired) electrons. The van der Waals surface area contributed by atoms with E-state index >= 15 is 0 Å². The molecule has 0 aromatic carbocycles. The van der Waals surface area contributed by atoms with Gasteiger partial charge in [0.1, 0.15) is 0 Å². The van der Waals surface area contributed by atoms with Crippen LogP contribution in [0.2, 0.25) is 6.82 Å². The molecule has 0 unspecified atom stereocenters. The van der Waals surface area contributed by atoms with Crippen molar-refractivity contribution in [2.75, 3.05) is 18.0 Å². The average Bonchev–Trinajstić information content (AvgIpc) is 2.28. The Kier molecular flexibility index (Phi) is 3.44. The van der Waals surface area contributed by atoms with Gasteiger partial charge in [-0.05, 0) is 13.8 Å². The molecule has 0 aliphatic carbocycles. The molecule has 2 heterocycles. The van der Waals surface area contributed by atoms with Crippen LogP contribution in [-0.2, 0) is 4.74 Å². The van der Waals surface area contributed by atoms with Gasteiger partial charge >= 0.3 is 0 Å². The van der Waals surface area contributed by atoms with Gasteiger partial charge in [-0.2, -0.15) is 0 Å². The largest absolute Gasteiger partial charge is 0.372 e. The van der Waals surface area contributed by atoms with E-state index < -0.39 is 0 Å². The van der Waals surface area contributed by atoms with E-state index in [9.17, 15) is 0 Å². The first-order valence-corrected chi connectivity index (χ1v) is 5.71. The van der Waals surface area contributed by atoms with Gasteiger partial charge in [-0.1, -0.05) is 12.3 Å². The first-order chi connectivity index (χ1) is 7.69. The summed E-state index contributed by atoms with van der Waals surface area (Å²) in [6, 6.07) is 0. The summed E-state index contributed by atoms with van der Waals surface area (Å²) in [5.41, 5.74) is 1.05. The number of morpholine rings is 1. The molecule has 1 saturated heterocycles. The Morgan fingerprint density at radius 2 is 1.81 bits per heavy atom. The number of nitrogens with zero attached hydrogens (tertiary/aromatic N) is 3. The fraction of sp³-hybridized carbons (Fsp3) is 0.636. The van der Waals surface area contributed by atoms with Crippen LogP contribution in [0.15, 0.2) is 12.4 Å². The van der Waals surface area contributed by atoms with Crippen LogP contribution < -0.4 is 10.4 Å². The van der Waals surface area contributed by atoms with E-state index in [0.29, 0.717) is 0 Å². The summed E-state index contributed by atoms with van der Waals surface area (Å²) in [6.45, 7) is 7.87. The smallest absolute Gasteiger partial charge is 0.225 e. The molecule has 0 saturated carbocycles. The minimum Gasteiger partial charge on any atom is -0.372 e. The van der Waals surface area contributed by atoms with E-state index in [2.05, 4.69) is 28.7 Å². The van der Waals surface area contributed by atoms with Gasteiger partial charge in [-0.25, -0.2) is 9.97 Å². The third kappa shape index (κ3) is 2.53. The van der Waals surface area contributed by atoms with Crippen molar-refractivity contribution in [3.63, 3.8) is 0 Å². The monoisotopic (exact) mass is 218 g/mol. The lowest BCUT2D eigenvalue weighted by Gasteiger charge is -2.35. The van der Waals surface area contributed by atoms with Gasteiger partial charge in [0, 0.05) is 25.5 Å². The minimum atomic E-state index is 0.241. The summed E-state index contributed by atoms with van der Waals surface area (Å²) in [7, 11) is 1.99. The SMILES string of the molecule is C[B]c1cnc(N2C[C@@H](C)O[C@@H](C)C2)nc1. The Labute approximate surface area is 97.3 Å². The van der Waals surface area contributed by atoms with Crippen molar-refractivity contribution < 1.29 is 4.74 Å². The molecule has 16 heavy (non-hydrogen) atoms. The molecule has 0 amide bonds. The maximum Gasteiger partial charge on any atom is 0.225 e. The third-order valence-corrected chi connectivity index (χ3v) is 2.69. The van der Waals surface area contributed by atoms with Crippen LogP contribution in [0.5, 0.6) is 0 Å². The Morgan fingerprint density at radius 3 is 2.31 bits per heavy atom. The van der Waals surface area contributed by atoms with Crippen LogP contribution in [-0.4, -0.2) is 42.5 Å². The Balaban J connectivity index is 2.10. The fourth-order valence-electron chi connectivity index (χ4n) is 1.98. The van der Waals surface area contributed by atoms with E-state index in [-0.39, 0.29) is 12.2 Å². The van der Waals surface area contributed by atoms with Crippen molar-refractivity contribution >= 4 is 18.7 Å². The average molecular weight is 218 g/mol. The van der Waals surface area contributed by atoms with E-state index in [4.69, 9.17) is 4.74 Å². The maximum atomic E-state index is 5.68. The number of anilines is 1. The molecule has 2 atom stereocenters. The van der Waals surface area contributed by atoms with Gasteiger partial charge < -0.3 is 9.64 Å². The van der Waals surface area contributed by atoms with Crippen molar-refractivity contribution in [1.29, 1.82) is 0 Å². The molecule has 0 N–H and O–H groups in total. The molecule has 1 aromatic rings. The highest BCUT2D eigenvalue weighted by Crippen LogP contribution is 2.14. The molecule has 1 fully saturated rings. The van der Waals surface area contributed by atoms with Crippen LogP contribution >= 0.6 is 0 Å². The second kappa shape index (κ2) is 4.83. The Bertz CT molecular complexity index is 334. The topological polar surface area (TPSA) is 38.2 Å². The predicted molar refractivity (Wildman–Crippen MR) is 65.5 cm³/mol. The molecule has 2 rings (SSSR count). The first-order valence-electron chi connectivity index (χ1n) is 5.71. The molecule has 0 spiro atoms. The highest BCUT2D eigenvalue weighted by atomic mass is 16.5. The van der Waals surface area contributed by atoms with Crippen molar-refractivity contribution in [1.82, 2.24) is 9.97 Å². The zero-order chi connectivity index (χ0) is 11.5. The summed E-state index contributed by atoms with van der Waals surface area (Å²) in [6.07, 6.45) is 4.19. The molecule has 1 aliphatic rings. The normalized spacial score (nSPS) is 25.6. The Morgan fingerprint density at radius 1 is 1.25 bits per heavy atom. The standard InChI is InChI=1S/C11H17BN3O/c1-8-6-15(7-9(2)16-8)11-13-4-10(12-3)5-14-11/h4-5,8-9H,6-7H2,1-3H3/t8-,9+. The highest BCUT2D eigenvalue weighted by molar-refractivity contribution is 6.51. The number of hydrogen-bond donors (Lipinski definition) is 0. The summed E-state index contributed by atoms with van der Waals surface area (Å²) in [5.74, 6) is 0.799. The van der Waals surface area contributed by atoms with E-state index in [0.717, 1.165) is 24.5 Å². The minimum absolute atomic E-state index is 0.241. The molecule has 4 nitrogen and oxygen atoms in total. The van der Waals surface area contributed by atoms with Gasteiger partial charge in [0.25, 0.3) is 0 Å². The van der Waals surface area contributed by atoms with Gasteiger partial charge in [0.15, 0.2) is 7.28 Å². The highest BCUT2D eigenvalue weighted by Gasteiger charge is 2.23. The predicted octanol–water partition coefficient (Wildman–Crippen LogP) is 0.468. The van der Waals surface area contributed by atoms with E-state index in [1.54, 1.807) is 0 Å². The number of rotatable bonds is 2. The van der Waals surface area contributed by atoms with Gasteiger partial charge in [-0.15, -0.1) is 0 Å². The molecule has 1 aromatic heterocycles. The van der Waals surface area contributed by atoms with Crippen molar-refractivity contribution in [3.05, 3.63) is 12.4 Å². The number of ether oxygens (including phenoxy) is 1. The van der Waals surface area contributed by atoms with Crippen molar-refractivity contribution in [3.8, 4) is 0 Å². The lowest BCUT2D eigenvalue weighted by molar-refractivity contribution is -0.00571. The third-order valence-electron chi connectivity index (χ3n) is 2.69. The second-order valence-electron chi connectivity index (χ2n) is 4.27. The number of aromatic nitrogens is 2. The van der Waals surface area contributed by atoms with E-state index in [1.165, 1.54) is 0 Å². The summed E-state index contributed by atoms with van der Waals surface area (Å²) in [5, 5.41) is 0. The maximum absolute atomic E-state index is 5.68. The van der Waals surface area contributed by atoms with Crippen LogP contribution in [0.4, 0.5) is 5.95 Å². The van der Waals surface area contributed by atoms with Crippen LogP contribution in [0.25, 0.3) is 0 Å². The van der Waals surface area contributed by atoms with Gasteiger partial charge in [0.2, 0.25) is 5.95 Å². The summed E-state index contributed by atoms with van der Waals surface area (Å²) in [4.78, 5) is 10.9. The molecule has 85 valence electrons. The molecular formula is C11H17BN3O. The molecule has 0 bridgehead atoms. The molecule has 1 aliphatic heterocycles. The van der Waals surface area contributed by atoms with Crippen LogP contribution in [0, 0.1) is 0 Å². The summed E-state index contributed by atoms with van der Waals surface area (Å²) >= 11 is 0. The zero-order valence-corrected chi connectivity index (χ0v) is 10.1. The van der Waals surface area contributed by atoms with Crippen LogP contribution in [0.3, 0.4) is 0 Å². The van der Waals surface area contributed by atoms with Gasteiger partial charge in [-0.3, -0.25) is 0 Å². The Hall–Kier alpha value is -1.10. The first kappa shape index (κ1) is 11.4. The van der Waals surface area contributed by atoms with Crippen molar-refractivity contribution in [2.24, 2.45) is 0 Å². The zero-order valence-electron chi connectivity index (χ0n) is 10.1.